The Labute approximate surface area is 154 Å². The summed E-state index contributed by atoms with van der Waals surface area (Å²) < 4.78 is 2.86. The largest absolute Gasteiger partial charge is 0.331 e. The van der Waals surface area contributed by atoms with Crippen molar-refractivity contribution in [2.75, 3.05) is 11.1 Å². The van der Waals surface area contributed by atoms with Gasteiger partial charge in [0.25, 0.3) is 5.91 Å². The lowest BCUT2D eigenvalue weighted by Gasteiger charge is -2.06. The third-order valence-electron chi connectivity index (χ3n) is 3.44. The first-order valence-corrected chi connectivity index (χ1v) is 9.41. The number of nitrogens with zero attached hydrogens (tertiary/aromatic N) is 4. The third kappa shape index (κ3) is 4.55. The zero-order valence-corrected chi connectivity index (χ0v) is 15.3. The molecule has 128 valence electrons. The van der Waals surface area contributed by atoms with Gasteiger partial charge in [0.15, 0.2) is 4.34 Å². The van der Waals surface area contributed by atoms with Crippen LogP contribution in [0.4, 0.5) is 5.13 Å². The van der Waals surface area contributed by atoms with Gasteiger partial charge in [-0.1, -0.05) is 41.3 Å². The van der Waals surface area contributed by atoms with Crippen LogP contribution in [0.1, 0.15) is 21.7 Å². The van der Waals surface area contributed by atoms with E-state index in [0.29, 0.717) is 10.7 Å². The molecule has 2 aromatic heterocycles. The highest BCUT2D eigenvalue weighted by Gasteiger charge is 2.10. The predicted octanol–water partition coefficient (Wildman–Crippen LogP) is 3.62. The molecule has 0 saturated carbocycles. The van der Waals surface area contributed by atoms with Crippen molar-refractivity contribution in [3.63, 3.8) is 0 Å². The second-order valence-corrected chi connectivity index (χ2v) is 7.47. The van der Waals surface area contributed by atoms with Gasteiger partial charge in [-0.3, -0.25) is 10.1 Å². The molecule has 0 aliphatic rings. The van der Waals surface area contributed by atoms with Crippen molar-refractivity contribution in [1.29, 1.82) is 0 Å². The van der Waals surface area contributed by atoms with Crippen LogP contribution in [0.5, 0.6) is 0 Å². The fraction of sp³-hybridized carbons (Fsp3) is 0.176. The molecule has 0 aliphatic carbocycles. The van der Waals surface area contributed by atoms with E-state index in [4.69, 9.17) is 0 Å². The summed E-state index contributed by atoms with van der Waals surface area (Å²) in [4.78, 5) is 16.5. The molecule has 1 N–H and O–H groups in total. The van der Waals surface area contributed by atoms with Crippen molar-refractivity contribution in [2.45, 2.75) is 17.8 Å². The number of benzene rings is 1. The van der Waals surface area contributed by atoms with Crippen molar-refractivity contribution < 1.29 is 4.79 Å². The second kappa shape index (κ2) is 8.09. The highest BCUT2D eigenvalue weighted by atomic mass is 32.2. The van der Waals surface area contributed by atoms with Gasteiger partial charge in [-0.2, -0.15) is 0 Å². The standard InChI is InChI=1S/C17H17N5OS2/c1-3-10-24-17-21-20-16(25-17)19-15(23)14-6-4-13(5-7-14)11-22-9-8-18-12(22)2/h3-9H,1,10-11H2,2H3,(H,19,20,23). The van der Waals surface area contributed by atoms with E-state index in [-0.39, 0.29) is 5.91 Å². The summed E-state index contributed by atoms with van der Waals surface area (Å²) in [5.41, 5.74) is 1.69. The van der Waals surface area contributed by atoms with Crippen LogP contribution < -0.4 is 5.32 Å². The van der Waals surface area contributed by atoms with Gasteiger partial charge >= 0.3 is 0 Å². The minimum atomic E-state index is -0.193. The lowest BCUT2D eigenvalue weighted by molar-refractivity contribution is 0.102. The maximum absolute atomic E-state index is 12.3. The summed E-state index contributed by atoms with van der Waals surface area (Å²) in [6, 6.07) is 7.51. The molecule has 0 fully saturated rings. The number of hydrogen-bond donors (Lipinski definition) is 1. The SMILES string of the molecule is C=CCSc1nnc(NC(=O)c2ccc(Cn3ccnc3C)cc2)s1. The molecular weight excluding hydrogens is 354 g/mol. The number of hydrogen-bond acceptors (Lipinski definition) is 6. The number of imidazole rings is 1. The summed E-state index contributed by atoms with van der Waals surface area (Å²) in [6.07, 6.45) is 5.52. The molecular formula is C17H17N5OS2. The molecule has 6 nitrogen and oxygen atoms in total. The number of aryl methyl sites for hydroxylation is 1. The number of anilines is 1. The highest BCUT2D eigenvalue weighted by molar-refractivity contribution is 8.01. The molecule has 0 atom stereocenters. The third-order valence-corrected chi connectivity index (χ3v) is 5.41. The van der Waals surface area contributed by atoms with E-state index >= 15 is 0 Å². The highest BCUT2D eigenvalue weighted by Crippen LogP contribution is 2.25. The molecule has 0 radical (unpaired) electrons. The fourth-order valence-corrected chi connectivity index (χ4v) is 3.66. The van der Waals surface area contributed by atoms with Crippen molar-refractivity contribution in [1.82, 2.24) is 19.7 Å². The molecule has 1 aromatic carbocycles. The van der Waals surface area contributed by atoms with Crippen LogP contribution in [-0.2, 0) is 6.54 Å². The lowest BCUT2D eigenvalue weighted by Crippen LogP contribution is -2.11. The van der Waals surface area contributed by atoms with Gasteiger partial charge in [-0.15, -0.1) is 16.8 Å². The van der Waals surface area contributed by atoms with Crippen LogP contribution in [0.15, 0.2) is 53.7 Å². The monoisotopic (exact) mass is 371 g/mol. The summed E-state index contributed by atoms with van der Waals surface area (Å²) in [5.74, 6) is 1.53. The summed E-state index contributed by atoms with van der Waals surface area (Å²) in [6.45, 7) is 6.36. The molecule has 0 bridgehead atoms. The van der Waals surface area contributed by atoms with Gasteiger partial charge in [-0.05, 0) is 24.6 Å². The number of carbonyl (C=O) groups is 1. The molecule has 3 rings (SSSR count). The van der Waals surface area contributed by atoms with E-state index in [9.17, 15) is 4.79 Å². The molecule has 0 spiro atoms. The van der Waals surface area contributed by atoms with Gasteiger partial charge in [-0.25, -0.2) is 4.98 Å². The van der Waals surface area contributed by atoms with Gasteiger partial charge in [0.1, 0.15) is 5.82 Å². The van der Waals surface area contributed by atoms with E-state index in [1.807, 2.05) is 37.4 Å². The number of thioether (sulfide) groups is 1. The summed E-state index contributed by atoms with van der Waals surface area (Å²) in [7, 11) is 0. The number of carbonyl (C=O) groups excluding carboxylic acids is 1. The van der Waals surface area contributed by atoms with Crippen LogP contribution >= 0.6 is 23.1 Å². The first-order valence-electron chi connectivity index (χ1n) is 7.61. The van der Waals surface area contributed by atoms with Crippen LogP contribution in [-0.4, -0.2) is 31.4 Å². The van der Waals surface area contributed by atoms with Gasteiger partial charge in [0, 0.05) is 30.3 Å². The smallest absolute Gasteiger partial charge is 0.257 e. The Balaban J connectivity index is 1.61. The van der Waals surface area contributed by atoms with Crippen molar-refractivity contribution >= 4 is 34.1 Å². The molecule has 0 aliphatic heterocycles. The molecule has 25 heavy (non-hydrogen) atoms. The molecule has 0 saturated heterocycles. The van der Waals surface area contributed by atoms with Crippen LogP contribution in [0.25, 0.3) is 0 Å². The van der Waals surface area contributed by atoms with Crippen LogP contribution in [0, 0.1) is 6.92 Å². The zero-order valence-electron chi connectivity index (χ0n) is 13.7. The maximum atomic E-state index is 12.3. The Morgan fingerprint density at radius 2 is 2.16 bits per heavy atom. The minimum absolute atomic E-state index is 0.193. The Morgan fingerprint density at radius 3 is 2.84 bits per heavy atom. The van der Waals surface area contributed by atoms with E-state index in [2.05, 4.69) is 31.6 Å². The molecule has 8 heteroatoms. The fourth-order valence-electron chi connectivity index (χ4n) is 2.15. The van der Waals surface area contributed by atoms with Crippen molar-refractivity contribution in [3.05, 3.63) is 66.3 Å². The maximum Gasteiger partial charge on any atom is 0.257 e. The molecule has 2 heterocycles. The zero-order chi connectivity index (χ0) is 17.6. The van der Waals surface area contributed by atoms with Crippen LogP contribution in [0.2, 0.25) is 0 Å². The van der Waals surface area contributed by atoms with Crippen LogP contribution in [0.3, 0.4) is 0 Å². The van der Waals surface area contributed by atoms with Crippen molar-refractivity contribution in [2.24, 2.45) is 0 Å². The number of amides is 1. The Bertz CT molecular complexity index is 869. The topological polar surface area (TPSA) is 72.7 Å². The van der Waals surface area contributed by atoms with Gasteiger partial charge < -0.3 is 4.57 Å². The average Bonchev–Trinajstić information content (AvgIpc) is 3.23. The lowest BCUT2D eigenvalue weighted by atomic mass is 10.1. The minimum Gasteiger partial charge on any atom is -0.331 e. The Hall–Kier alpha value is -2.45. The average molecular weight is 371 g/mol. The quantitative estimate of drug-likeness (QED) is 0.390. The van der Waals surface area contributed by atoms with Gasteiger partial charge in [0.2, 0.25) is 5.13 Å². The normalized spacial score (nSPS) is 10.6. The van der Waals surface area contributed by atoms with Crippen molar-refractivity contribution in [3.8, 4) is 0 Å². The first-order chi connectivity index (χ1) is 12.2. The number of nitrogens with one attached hydrogen (secondary N) is 1. The summed E-state index contributed by atoms with van der Waals surface area (Å²) >= 11 is 2.89. The van der Waals surface area contributed by atoms with Gasteiger partial charge in [0.05, 0.1) is 0 Å². The molecule has 1 amide bonds. The first kappa shape index (κ1) is 17.4. The number of aromatic nitrogens is 4. The Kier molecular flexibility index (Phi) is 5.62. The predicted molar refractivity (Wildman–Crippen MR) is 101 cm³/mol. The Morgan fingerprint density at radius 1 is 1.36 bits per heavy atom. The van der Waals surface area contributed by atoms with E-state index < -0.39 is 0 Å². The summed E-state index contributed by atoms with van der Waals surface area (Å²) in [5, 5.41) is 11.3. The molecule has 3 aromatic rings. The second-order valence-electron chi connectivity index (χ2n) is 5.23. The van der Waals surface area contributed by atoms with E-state index in [1.54, 1.807) is 12.3 Å². The van der Waals surface area contributed by atoms with E-state index in [0.717, 1.165) is 28.0 Å². The number of rotatable bonds is 7. The molecule has 0 unspecified atom stereocenters. The van der Waals surface area contributed by atoms with E-state index in [1.165, 1.54) is 23.1 Å².